The van der Waals surface area contributed by atoms with E-state index in [0.717, 1.165) is 44.6 Å². The predicted octanol–water partition coefficient (Wildman–Crippen LogP) is 17.1. The molecule has 10 aromatic carbocycles. The van der Waals surface area contributed by atoms with Crippen LogP contribution in [0.2, 0.25) is 0 Å². The number of fused-ring (bicyclic) bond motifs is 9. The lowest BCUT2D eigenvalue weighted by atomic mass is 9.67. The van der Waals surface area contributed by atoms with Crippen LogP contribution < -0.4 is 4.90 Å². The van der Waals surface area contributed by atoms with Crippen LogP contribution in [0.4, 0.5) is 17.1 Å². The second-order valence-electron chi connectivity index (χ2n) is 18.4. The van der Waals surface area contributed by atoms with Gasteiger partial charge in [0.05, 0.1) is 16.5 Å². The number of furan rings is 1. The Morgan fingerprint density at radius 3 is 1.55 bits per heavy atom. The molecule has 2 heteroatoms. The van der Waals surface area contributed by atoms with E-state index in [1.54, 1.807) is 0 Å². The molecule has 0 saturated heterocycles. The third-order valence-electron chi connectivity index (χ3n) is 14.5. The number of hydrogen-bond acceptors (Lipinski definition) is 2. The number of nitrogens with zero attached hydrogens (tertiary/aromatic N) is 1. The first kappa shape index (κ1) is 38.3. The minimum Gasteiger partial charge on any atom is -0.456 e. The van der Waals surface area contributed by atoms with Gasteiger partial charge in [0.2, 0.25) is 0 Å². The van der Waals surface area contributed by atoms with E-state index >= 15 is 0 Å². The molecule has 0 aliphatic heterocycles. The summed E-state index contributed by atoms with van der Waals surface area (Å²) in [5, 5.41) is 2.17. The molecule has 0 spiro atoms. The molecule has 0 radical (unpaired) electrons. The molecule has 0 saturated carbocycles. The van der Waals surface area contributed by atoms with E-state index in [9.17, 15) is 0 Å². The smallest absolute Gasteiger partial charge is 0.137 e. The Morgan fingerprint density at radius 2 is 0.879 bits per heavy atom. The van der Waals surface area contributed by atoms with Crippen LogP contribution in [0, 0.1) is 0 Å². The van der Waals surface area contributed by atoms with Crippen molar-refractivity contribution in [3.8, 4) is 44.5 Å². The quantitative estimate of drug-likeness (QED) is 0.159. The number of anilines is 3. The molecule has 1 aromatic heterocycles. The monoisotopic (exact) mass is 843 g/mol. The van der Waals surface area contributed by atoms with Crippen LogP contribution in [0.25, 0.3) is 66.4 Å². The Labute approximate surface area is 385 Å². The first-order valence-corrected chi connectivity index (χ1v) is 23.0. The van der Waals surface area contributed by atoms with Crippen LogP contribution >= 0.6 is 0 Å². The van der Waals surface area contributed by atoms with Crippen molar-refractivity contribution in [3.63, 3.8) is 0 Å². The van der Waals surface area contributed by atoms with Gasteiger partial charge in [0.1, 0.15) is 11.2 Å². The third kappa shape index (κ3) is 5.55. The molecule has 0 N–H and O–H groups in total. The molecule has 312 valence electrons. The van der Waals surface area contributed by atoms with Crippen LogP contribution in [0.15, 0.2) is 241 Å². The number of rotatable bonds is 7. The summed E-state index contributed by atoms with van der Waals surface area (Å²) in [6, 6.07) is 86.9. The number of hydrogen-bond donors (Lipinski definition) is 0. The summed E-state index contributed by atoms with van der Waals surface area (Å²) < 4.78 is 7.19. The van der Waals surface area contributed by atoms with Gasteiger partial charge in [-0.1, -0.05) is 208 Å². The molecule has 66 heavy (non-hydrogen) atoms. The molecular formula is C64H45NO. The van der Waals surface area contributed by atoms with E-state index in [-0.39, 0.29) is 5.41 Å². The van der Waals surface area contributed by atoms with Gasteiger partial charge < -0.3 is 9.32 Å². The highest BCUT2D eigenvalue weighted by Gasteiger charge is 2.49. The molecule has 2 aliphatic rings. The SMILES string of the molecule is CC1(C)c2ccccc2-c2ccc(N(c3ccc(-c4ccccc4)cc3)c3c4c(cc5oc6ccc(-c7ccccc7)cc6c35)C(c3ccccc3)(c3ccccc3)c3ccccc3-4)cc21. The standard InChI is InChI=1S/C64H45NO/c1-63(2)54-29-17-15-27-50(54)51-37-36-49(40-56(51)63)65(48-34-31-44(32-35-48)42-19-7-3-8-20-42)62-60-52-28-16-18-30-55(52)64(46-23-11-5-12-24-46,47-25-13-6-14-26-47)57(60)41-59-61(62)53-39-45(33-38-58(53)66-59)43-21-9-4-10-22-43/h3-41H,1-2H3. The molecule has 0 atom stereocenters. The second kappa shape index (κ2) is 14.7. The molecule has 2 aliphatic carbocycles. The summed E-state index contributed by atoms with van der Waals surface area (Å²) in [5.41, 5.74) is 21.4. The van der Waals surface area contributed by atoms with E-state index < -0.39 is 5.41 Å². The highest BCUT2D eigenvalue weighted by Crippen LogP contribution is 2.62. The molecule has 0 bridgehead atoms. The molecule has 2 nitrogen and oxygen atoms in total. The van der Waals surface area contributed by atoms with Gasteiger partial charge in [-0.05, 0) is 115 Å². The van der Waals surface area contributed by atoms with Gasteiger partial charge in [-0.15, -0.1) is 0 Å². The van der Waals surface area contributed by atoms with Crippen molar-refractivity contribution in [1.82, 2.24) is 0 Å². The zero-order chi connectivity index (χ0) is 44.0. The molecule has 13 rings (SSSR count). The predicted molar refractivity (Wildman–Crippen MR) is 274 cm³/mol. The zero-order valence-electron chi connectivity index (χ0n) is 36.9. The summed E-state index contributed by atoms with van der Waals surface area (Å²) in [4.78, 5) is 2.54. The topological polar surface area (TPSA) is 16.4 Å². The molecule has 1 heterocycles. The summed E-state index contributed by atoms with van der Waals surface area (Å²) >= 11 is 0. The van der Waals surface area contributed by atoms with Gasteiger partial charge in [-0.25, -0.2) is 0 Å². The molecular weight excluding hydrogens is 799 g/mol. The maximum atomic E-state index is 7.19. The summed E-state index contributed by atoms with van der Waals surface area (Å²) in [6.45, 7) is 4.75. The molecule has 0 amide bonds. The average Bonchev–Trinajstić information content (AvgIpc) is 3.98. The zero-order valence-corrected chi connectivity index (χ0v) is 36.9. The fourth-order valence-corrected chi connectivity index (χ4v) is 11.5. The van der Waals surface area contributed by atoms with E-state index in [1.165, 1.54) is 72.3 Å². The third-order valence-corrected chi connectivity index (χ3v) is 14.5. The summed E-state index contributed by atoms with van der Waals surface area (Å²) in [5.74, 6) is 0. The van der Waals surface area contributed by atoms with Crippen molar-refractivity contribution in [2.45, 2.75) is 24.7 Å². The van der Waals surface area contributed by atoms with E-state index in [4.69, 9.17) is 4.42 Å². The Hall–Kier alpha value is -8.20. The first-order valence-electron chi connectivity index (χ1n) is 23.0. The highest BCUT2D eigenvalue weighted by molar-refractivity contribution is 6.20. The highest BCUT2D eigenvalue weighted by atomic mass is 16.3. The fourth-order valence-electron chi connectivity index (χ4n) is 11.5. The second-order valence-corrected chi connectivity index (χ2v) is 18.4. The van der Waals surface area contributed by atoms with Crippen LogP contribution in [0.3, 0.4) is 0 Å². The van der Waals surface area contributed by atoms with Crippen molar-refractivity contribution in [1.29, 1.82) is 0 Å². The largest absolute Gasteiger partial charge is 0.456 e. The van der Waals surface area contributed by atoms with Crippen LogP contribution in [-0.4, -0.2) is 0 Å². The van der Waals surface area contributed by atoms with Gasteiger partial charge in [0.15, 0.2) is 0 Å². The van der Waals surface area contributed by atoms with Gasteiger partial charge in [-0.2, -0.15) is 0 Å². The fraction of sp³-hybridized carbons (Fsp3) is 0.0625. The van der Waals surface area contributed by atoms with Crippen molar-refractivity contribution in [3.05, 3.63) is 270 Å². The number of benzene rings is 10. The minimum absolute atomic E-state index is 0.200. The van der Waals surface area contributed by atoms with Gasteiger partial charge >= 0.3 is 0 Å². The Morgan fingerprint density at radius 1 is 0.364 bits per heavy atom. The van der Waals surface area contributed by atoms with Gasteiger partial charge in [0, 0.05) is 27.7 Å². The molecule has 0 unspecified atom stereocenters. The van der Waals surface area contributed by atoms with Crippen molar-refractivity contribution < 1.29 is 4.42 Å². The van der Waals surface area contributed by atoms with Crippen molar-refractivity contribution in [2.24, 2.45) is 0 Å². The van der Waals surface area contributed by atoms with Crippen LogP contribution in [-0.2, 0) is 10.8 Å². The maximum Gasteiger partial charge on any atom is 0.137 e. The average molecular weight is 844 g/mol. The lowest BCUT2D eigenvalue weighted by Gasteiger charge is -2.35. The lowest BCUT2D eigenvalue weighted by Crippen LogP contribution is -2.28. The molecule has 0 fully saturated rings. The van der Waals surface area contributed by atoms with Crippen LogP contribution in [0.1, 0.15) is 47.2 Å². The Bertz CT molecular complexity index is 3600. The molecule has 11 aromatic rings. The van der Waals surface area contributed by atoms with E-state index in [1.807, 2.05) is 0 Å². The minimum atomic E-state index is -0.643. The van der Waals surface area contributed by atoms with E-state index in [2.05, 4.69) is 255 Å². The van der Waals surface area contributed by atoms with E-state index in [0.29, 0.717) is 0 Å². The van der Waals surface area contributed by atoms with Crippen LogP contribution in [0.5, 0.6) is 0 Å². The summed E-state index contributed by atoms with van der Waals surface area (Å²) in [7, 11) is 0. The maximum absolute atomic E-state index is 7.19. The Balaban J connectivity index is 1.19. The first-order chi connectivity index (χ1) is 32.5. The van der Waals surface area contributed by atoms with Crippen molar-refractivity contribution >= 4 is 39.0 Å². The van der Waals surface area contributed by atoms with Gasteiger partial charge in [-0.3, -0.25) is 0 Å². The Kier molecular flexibility index (Phi) is 8.51. The van der Waals surface area contributed by atoms with Gasteiger partial charge in [0.25, 0.3) is 0 Å². The lowest BCUT2D eigenvalue weighted by molar-refractivity contribution is 0.660. The normalized spacial score (nSPS) is 13.8. The van der Waals surface area contributed by atoms with Crippen molar-refractivity contribution in [2.75, 3.05) is 4.90 Å². The summed E-state index contributed by atoms with van der Waals surface area (Å²) in [6.07, 6.45) is 0.